The predicted octanol–water partition coefficient (Wildman–Crippen LogP) is 4.51. The average molecular weight is 296 g/mol. The molecular formula is C17H14ClN3. The molecule has 0 atom stereocenters. The second-order valence-corrected chi connectivity index (χ2v) is 5.02. The van der Waals surface area contributed by atoms with Crippen LogP contribution >= 0.6 is 11.6 Å². The van der Waals surface area contributed by atoms with Crippen LogP contribution in [0.4, 0.5) is 5.82 Å². The molecule has 0 bridgehead atoms. The van der Waals surface area contributed by atoms with Crippen LogP contribution < -0.4 is 5.32 Å². The standard InChI is InChI=1S/C17H14ClN3/c1-19-16-11-15(13-8-5-9-14(18)10-13)20-17(21-16)12-6-3-2-4-7-12/h2-11H,1H3,(H,19,20,21). The quantitative estimate of drug-likeness (QED) is 0.773. The van der Waals surface area contributed by atoms with Gasteiger partial charge in [-0.2, -0.15) is 0 Å². The molecule has 4 heteroatoms. The minimum atomic E-state index is 0.692. The Bertz CT molecular complexity index is 757. The first kappa shape index (κ1) is 13.6. The second-order valence-electron chi connectivity index (χ2n) is 4.59. The fraction of sp³-hybridized carbons (Fsp3) is 0.0588. The van der Waals surface area contributed by atoms with Gasteiger partial charge in [-0.25, -0.2) is 9.97 Å². The van der Waals surface area contributed by atoms with Crippen molar-refractivity contribution in [2.24, 2.45) is 0 Å². The van der Waals surface area contributed by atoms with E-state index in [4.69, 9.17) is 11.6 Å². The molecule has 3 nitrogen and oxygen atoms in total. The number of hydrogen-bond donors (Lipinski definition) is 1. The van der Waals surface area contributed by atoms with Crippen LogP contribution in [0.5, 0.6) is 0 Å². The lowest BCUT2D eigenvalue weighted by Gasteiger charge is -2.08. The van der Waals surface area contributed by atoms with Crippen LogP contribution in [-0.4, -0.2) is 17.0 Å². The number of halogens is 1. The number of aromatic nitrogens is 2. The maximum Gasteiger partial charge on any atom is 0.162 e. The maximum absolute atomic E-state index is 6.07. The third-order valence-corrected chi connectivity index (χ3v) is 3.37. The number of benzene rings is 2. The molecule has 0 unspecified atom stereocenters. The number of rotatable bonds is 3. The van der Waals surface area contributed by atoms with Gasteiger partial charge in [0.2, 0.25) is 0 Å². The van der Waals surface area contributed by atoms with E-state index in [1.807, 2.05) is 67.7 Å². The Morgan fingerprint density at radius 3 is 2.33 bits per heavy atom. The van der Waals surface area contributed by atoms with E-state index in [-0.39, 0.29) is 0 Å². The first-order chi connectivity index (χ1) is 10.3. The normalized spacial score (nSPS) is 10.4. The Hall–Kier alpha value is -2.39. The average Bonchev–Trinajstić information content (AvgIpc) is 2.55. The van der Waals surface area contributed by atoms with Crippen LogP contribution in [0.3, 0.4) is 0 Å². The van der Waals surface area contributed by atoms with Gasteiger partial charge >= 0.3 is 0 Å². The van der Waals surface area contributed by atoms with Crippen LogP contribution in [0.1, 0.15) is 0 Å². The molecule has 2 aromatic carbocycles. The van der Waals surface area contributed by atoms with Gasteiger partial charge in [0.05, 0.1) is 5.69 Å². The zero-order valence-electron chi connectivity index (χ0n) is 11.5. The molecular weight excluding hydrogens is 282 g/mol. The Morgan fingerprint density at radius 2 is 1.62 bits per heavy atom. The van der Waals surface area contributed by atoms with Gasteiger partial charge in [0, 0.05) is 29.3 Å². The molecule has 3 rings (SSSR count). The molecule has 0 radical (unpaired) electrons. The van der Waals surface area contributed by atoms with Crippen molar-refractivity contribution in [3.05, 3.63) is 65.7 Å². The lowest BCUT2D eigenvalue weighted by atomic mass is 10.1. The summed E-state index contributed by atoms with van der Waals surface area (Å²) in [5, 5.41) is 3.77. The molecule has 0 amide bonds. The van der Waals surface area contributed by atoms with E-state index in [2.05, 4.69) is 15.3 Å². The van der Waals surface area contributed by atoms with Gasteiger partial charge in [0.15, 0.2) is 5.82 Å². The number of hydrogen-bond acceptors (Lipinski definition) is 3. The summed E-state index contributed by atoms with van der Waals surface area (Å²) in [6.07, 6.45) is 0. The zero-order valence-corrected chi connectivity index (χ0v) is 12.3. The van der Waals surface area contributed by atoms with Crippen molar-refractivity contribution < 1.29 is 0 Å². The molecule has 0 saturated heterocycles. The highest BCUT2D eigenvalue weighted by molar-refractivity contribution is 6.30. The van der Waals surface area contributed by atoms with Crippen molar-refractivity contribution in [1.82, 2.24) is 9.97 Å². The Morgan fingerprint density at radius 1 is 0.857 bits per heavy atom. The summed E-state index contributed by atoms with van der Waals surface area (Å²) in [5.41, 5.74) is 2.80. The molecule has 0 fully saturated rings. The van der Waals surface area contributed by atoms with E-state index in [1.54, 1.807) is 0 Å². The van der Waals surface area contributed by atoms with Crippen LogP contribution in [-0.2, 0) is 0 Å². The van der Waals surface area contributed by atoms with Gasteiger partial charge in [0.25, 0.3) is 0 Å². The van der Waals surface area contributed by atoms with E-state index in [9.17, 15) is 0 Å². The lowest BCUT2D eigenvalue weighted by molar-refractivity contribution is 1.17. The Kier molecular flexibility index (Phi) is 3.84. The van der Waals surface area contributed by atoms with Gasteiger partial charge in [-0.1, -0.05) is 54.1 Å². The Balaban J connectivity index is 2.14. The Labute approximate surface area is 128 Å². The summed E-state index contributed by atoms with van der Waals surface area (Å²) < 4.78 is 0. The predicted molar refractivity (Wildman–Crippen MR) is 87.5 cm³/mol. The van der Waals surface area contributed by atoms with Crippen LogP contribution in [0, 0.1) is 0 Å². The molecule has 1 aromatic heterocycles. The lowest BCUT2D eigenvalue weighted by Crippen LogP contribution is -1.98. The molecule has 0 saturated carbocycles. The van der Waals surface area contributed by atoms with E-state index < -0.39 is 0 Å². The molecule has 0 aliphatic rings. The first-order valence-electron chi connectivity index (χ1n) is 6.64. The van der Waals surface area contributed by atoms with E-state index in [1.165, 1.54) is 0 Å². The smallest absolute Gasteiger partial charge is 0.162 e. The summed E-state index contributed by atoms with van der Waals surface area (Å²) in [6, 6.07) is 19.5. The van der Waals surface area contributed by atoms with Crippen molar-refractivity contribution in [2.45, 2.75) is 0 Å². The topological polar surface area (TPSA) is 37.8 Å². The van der Waals surface area contributed by atoms with Crippen molar-refractivity contribution in [1.29, 1.82) is 0 Å². The maximum atomic E-state index is 6.07. The van der Waals surface area contributed by atoms with Gasteiger partial charge in [-0.05, 0) is 12.1 Å². The highest BCUT2D eigenvalue weighted by Crippen LogP contribution is 2.25. The number of nitrogens with zero attached hydrogens (tertiary/aromatic N) is 2. The molecule has 0 aliphatic heterocycles. The van der Waals surface area contributed by atoms with Gasteiger partial charge in [0.1, 0.15) is 5.82 Å². The van der Waals surface area contributed by atoms with E-state index in [0.29, 0.717) is 10.8 Å². The summed E-state index contributed by atoms with van der Waals surface area (Å²) in [5.74, 6) is 1.47. The third kappa shape index (κ3) is 3.03. The molecule has 0 spiro atoms. The molecule has 1 heterocycles. The number of nitrogens with one attached hydrogen (secondary N) is 1. The van der Waals surface area contributed by atoms with E-state index >= 15 is 0 Å². The third-order valence-electron chi connectivity index (χ3n) is 3.13. The van der Waals surface area contributed by atoms with Crippen molar-refractivity contribution in [2.75, 3.05) is 12.4 Å². The zero-order chi connectivity index (χ0) is 14.7. The van der Waals surface area contributed by atoms with Crippen molar-refractivity contribution in [3.63, 3.8) is 0 Å². The molecule has 3 aromatic rings. The summed E-state index contributed by atoms with van der Waals surface area (Å²) in [6.45, 7) is 0. The van der Waals surface area contributed by atoms with Crippen molar-refractivity contribution in [3.8, 4) is 22.6 Å². The molecule has 0 aliphatic carbocycles. The summed E-state index contributed by atoms with van der Waals surface area (Å²) >= 11 is 6.07. The van der Waals surface area contributed by atoms with Crippen LogP contribution in [0.2, 0.25) is 5.02 Å². The molecule has 104 valence electrons. The van der Waals surface area contributed by atoms with Gasteiger partial charge in [-0.3, -0.25) is 0 Å². The minimum Gasteiger partial charge on any atom is -0.373 e. The minimum absolute atomic E-state index is 0.692. The summed E-state index contributed by atoms with van der Waals surface area (Å²) in [7, 11) is 1.85. The fourth-order valence-corrected chi connectivity index (χ4v) is 2.28. The van der Waals surface area contributed by atoms with Gasteiger partial charge < -0.3 is 5.32 Å². The summed E-state index contributed by atoms with van der Waals surface area (Å²) in [4.78, 5) is 9.17. The monoisotopic (exact) mass is 295 g/mol. The van der Waals surface area contributed by atoms with Gasteiger partial charge in [-0.15, -0.1) is 0 Å². The first-order valence-corrected chi connectivity index (χ1v) is 7.02. The highest BCUT2D eigenvalue weighted by Gasteiger charge is 2.08. The van der Waals surface area contributed by atoms with Crippen molar-refractivity contribution >= 4 is 17.4 Å². The van der Waals surface area contributed by atoms with E-state index in [0.717, 1.165) is 22.6 Å². The molecule has 1 N–H and O–H groups in total. The second kappa shape index (κ2) is 5.94. The fourth-order valence-electron chi connectivity index (χ4n) is 2.09. The van der Waals surface area contributed by atoms with Crippen LogP contribution in [0.15, 0.2) is 60.7 Å². The molecule has 21 heavy (non-hydrogen) atoms. The van der Waals surface area contributed by atoms with Crippen LogP contribution in [0.25, 0.3) is 22.6 Å². The highest BCUT2D eigenvalue weighted by atomic mass is 35.5. The largest absolute Gasteiger partial charge is 0.373 e. The number of anilines is 1. The SMILES string of the molecule is CNc1cc(-c2cccc(Cl)c2)nc(-c2ccccc2)n1.